The molecule has 30 heavy (non-hydrogen) atoms. The molecule has 0 saturated heterocycles. The highest BCUT2D eigenvalue weighted by Crippen LogP contribution is 2.31. The molecule has 1 aromatic heterocycles. The fourth-order valence-corrected chi connectivity index (χ4v) is 2.80. The van der Waals surface area contributed by atoms with Gasteiger partial charge in [0, 0.05) is 17.3 Å². The predicted molar refractivity (Wildman–Crippen MR) is 111 cm³/mol. The van der Waals surface area contributed by atoms with Crippen molar-refractivity contribution in [1.82, 2.24) is 0 Å². The number of nitriles is 1. The van der Waals surface area contributed by atoms with E-state index in [0.717, 1.165) is 0 Å². The van der Waals surface area contributed by atoms with Gasteiger partial charge in [-0.25, -0.2) is 4.79 Å². The number of hydrogen-bond acceptors (Lipinski definition) is 5. The number of amides is 1. The highest BCUT2D eigenvalue weighted by atomic mass is 35.5. The zero-order chi connectivity index (χ0) is 21.7. The van der Waals surface area contributed by atoms with Crippen LogP contribution in [0.15, 0.2) is 64.6 Å². The Morgan fingerprint density at radius 3 is 2.53 bits per heavy atom. The number of anilines is 1. The lowest BCUT2D eigenvalue weighted by Gasteiger charge is -2.05. The first-order chi connectivity index (χ1) is 14.4. The molecule has 0 bridgehead atoms. The van der Waals surface area contributed by atoms with Crippen LogP contribution in [-0.2, 0) is 4.79 Å². The van der Waals surface area contributed by atoms with Crippen molar-refractivity contribution >= 4 is 35.2 Å². The van der Waals surface area contributed by atoms with Crippen LogP contribution in [0.5, 0.6) is 5.75 Å². The van der Waals surface area contributed by atoms with Gasteiger partial charge in [-0.05, 0) is 54.6 Å². The van der Waals surface area contributed by atoms with Gasteiger partial charge in [0.1, 0.15) is 28.9 Å². The van der Waals surface area contributed by atoms with Gasteiger partial charge in [0.25, 0.3) is 5.91 Å². The van der Waals surface area contributed by atoms with Crippen molar-refractivity contribution in [3.8, 4) is 23.1 Å². The van der Waals surface area contributed by atoms with Crippen LogP contribution in [-0.4, -0.2) is 24.1 Å². The van der Waals surface area contributed by atoms with Gasteiger partial charge in [0.05, 0.1) is 17.7 Å². The quantitative estimate of drug-likeness (QED) is 0.433. The Kier molecular flexibility index (Phi) is 6.20. The summed E-state index contributed by atoms with van der Waals surface area (Å²) in [6, 6.07) is 15.9. The number of nitrogens with one attached hydrogen (secondary N) is 1. The summed E-state index contributed by atoms with van der Waals surface area (Å²) in [7, 11) is 1.53. The highest BCUT2D eigenvalue weighted by Gasteiger charge is 2.14. The summed E-state index contributed by atoms with van der Waals surface area (Å²) in [5.41, 5.74) is 0.772. The van der Waals surface area contributed by atoms with Crippen molar-refractivity contribution in [2.75, 3.05) is 12.4 Å². The fourth-order valence-electron chi connectivity index (χ4n) is 2.59. The van der Waals surface area contributed by atoms with E-state index in [9.17, 15) is 14.9 Å². The number of halogens is 1. The standard InChI is InChI=1S/C22H15ClN2O5/c1-29-16-5-3-15(4-6-16)25-21(26)14(12-24)10-17-7-9-20(30-17)18-11-13(22(27)28)2-8-19(18)23/h2-11H,1H3,(H,25,26)(H,27,28)/b14-10+. The summed E-state index contributed by atoms with van der Waals surface area (Å²) >= 11 is 6.15. The lowest BCUT2D eigenvalue weighted by atomic mass is 10.1. The van der Waals surface area contributed by atoms with Gasteiger partial charge in [-0.15, -0.1) is 0 Å². The first kappa shape index (κ1) is 20.7. The van der Waals surface area contributed by atoms with Crippen molar-refractivity contribution in [1.29, 1.82) is 5.26 Å². The molecule has 0 aliphatic rings. The van der Waals surface area contributed by atoms with Gasteiger partial charge in [0.15, 0.2) is 0 Å². The van der Waals surface area contributed by atoms with E-state index in [1.807, 2.05) is 6.07 Å². The van der Waals surface area contributed by atoms with E-state index in [0.29, 0.717) is 27.8 Å². The number of furan rings is 1. The lowest BCUT2D eigenvalue weighted by molar-refractivity contribution is -0.112. The minimum Gasteiger partial charge on any atom is -0.497 e. The molecule has 8 heteroatoms. The fraction of sp³-hybridized carbons (Fsp3) is 0.0455. The summed E-state index contributed by atoms with van der Waals surface area (Å²) in [5, 5.41) is 21.4. The largest absolute Gasteiger partial charge is 0.497 e. The normalized spacial score (nSPS) is 10.9. The Hall–Kier alpha value is -4.02. The number of hydrogen-bond donors (Lipinski definition) is 2. The number of aromatic carboxylic acids is 1. The molecule has 0 aliphatic heterocycles. The Morgan fingerprint density at radius 1 is 1.17 bits per heavy atom. The maximum atomic E-state index is 12.4. The Balaban J connectivity index is 1.83. The molecule has 2 N–H and O–H groups in total. The SMILES string of the molecule is COc1ccc(NC(=O)/C(C#N)=C/c2ccc(-c3cc(C(=O)O)ccc3Cl)o2)cc1. The minimum atomic E-state index is -1.10. The lowest BCUT2D eigenvalue weighted by Crippen LogP contribution is -2.13. The summed E-state index contributed by atoms with van der Waals surface area (Å²) in [4.78, 5) is 23.6. The first-order valence-corrected chi connectivity index (χ1v) is 8.99. The number of carbonyl (C=O) groups excluding carboxylic acids is 1. The van der Waals surface area contributed by atoms with Crippen molar-refractivity contribution in [2.24, 2.45) is 0 Å². The van der Waals surface area contributed by atoms with Crippen LogP contribution in [0.4, 0.5) is 5.69 Å². The molecule has 0 spiro atoms. The maximum Gasteiger partial charge on any atom is 0.335 e. The van der Waals surface area contributed by atoms with Crippen LogP contribution in [0.25, 0.3) is 17.4 Å². The zero-order valence-corrected chi connectivity index (χ0v) is 16.4. The monoisotopic (exact) mass is 422 g/mol. The van der Waals surface area contributed by atoms with E-state index in [1.165, 1.54) is 31.4 Å². The molecule has 1 amide bonds. The summed E-state index contributed by atoms with van der Waals surface area (Å²) in [5.74, 6) is -0.517. The molecule has 1 heterocycles. The van der Waals surface area contributed by atoms with Crippen LogP contribution in [0.1, 0.15) is 16.1 Å². The van der Waals surface area contributed by atoms with Crippen LogP contribution < -0.4 is 10.1 Å². The van der Waals surface area contributed by atoms with Crippen LogP contribution in [0.3, 0.4) is 0 Å². The molecular formula is C22H15ClN2O5. The molecule has 3 aromatic rings. The van der Waals surface area contributed by atoms with E-state index >= 15 is 0 Å². The average molecular weight is 423 g/mol. The minimum absolute atomic E-state index is 0.0551. The molecule has 150 valence electrons. The Bertz CT molecular complexity index is 1170. The predicted octanol–water partition coefficient (Wildman–Crippen LogP) is 4.85. The van der Waals surface area contributed by atoms with Gasteiger partial charge >= 0.3 is 5.97 Å². The molecule has 0 unspecified atom stereocenters. The first-order valence-electron chi connectivity index (χ1n) is 8.61. The summed E-state index contributed by atoms with van der Waals surface area (Å²) < 4.78 is 10.7. The number of benzene rings is 2. The number of carbonyl (C=O) groups is 2. The molecule has 0 radical (unpaired) electrons. The second kappa shape index (κ2) is 8.99. The number of rotatable bonds is 6. The molecule has 0 saturated carbocycles. The van der Waals surface area contributed by atoms with Gasteiger partial charge in [-0.2, -0.15) is 5.26 Å². The van der Waals surface area contributed by atoms with Crippen LogP contribution in [0, 0.1) is 11.3 Å². The third-order valence-electron chi connectivity index (χ3n) is 4.11. The van der Waals surface area contributed by atoms with Gasteiger partial charge in [-0.1, -0.05) is 11.6 Å². The van der Waals surface area contributed by atoms with Gasteiger partial charge < -0.3 is 19.6 Å². The second-order valence-electron chi connectivity index (χ2n) is 6.05. The van der Waals surface area contributed by atoms with E-state index in [2.05, 4.69) is 5.32 Å². The van der Waals surface area contributed by atoms with E-state index in [1.54, 1.807) is 36.4 Å². The highest BCUT2D eigenvalue weighted by molar-refractivity contribution is 6.33. The summed E-state index contributed by atoms with van der Waals surface area (Å²) in [6.45, 7) is 0. The van der Waals surface area contributed by atoms with E-state index < -0.39 is 11.9 Å². The number of carboxylic acid groups (broad SMARTS) is 1. The molecule has 3 rings (SSSR count). The number of nitrogens with zero attached hydrogens (tertiary/aromatic N) is 1. The second-order valence-corrected chi connectivity index (χ2v) is 6.46. The number of ether oxygens (including phenoxy) is 1. The molecule has 2 aromatic carbocycles. The number of carboxylic acids is 1. The van der Waals surface area contributed by atoms with E-state index in [4.69, 9.17) is 25.9 Å². The topological polar surface area (TPSA) is 113 Å². The van der Waals surface area contributed by atoms with E-state index in [-0.39, 0.29) is 16.9 Å². The molecule has 7 nitrogen and oxygen atoms in total. The molecular weight excluding hydrogens is 408 g/mol. The zero-order valence-electron chi connectivity index (χ0n) is 15.7. The van der Waals surface area contributed by atoms with Crippen molar-refractivity contribution in [3.63, 3.8) is 0 Å². The van der Waals surface area contributed by atoms with Crippen LogP contribution >= 0.6 is 11.6 Å². The molecule has 0 atom stereocenters. The number of methoxy groups -OCH3 is 1. The third kappa shape index (κ3) is 4.69. The van der Waals surface area contributed by atoms with Crippen molar-refractivity contribution in [3.05, 3.63) is 76.5 Å². The van der Waals surface area contributed by atoms with Gasteiger partial charge in [-0.3, -0.25) is 4.79 Å². The van der Waals surface area contributed by atoms with Crippen molar-refractivity contribution < 1.29 is 23.8 Å². The average Bonchev–Trinajstić information content (AvgIpc) is 3.21. The Labute approximate surface area is 176 Å². The van der Waals surface area contributed by atoms with Crippen molar-refractivity contribution in [2.45, 2.75) is 0 Å². The maximum absolute atomic E-state index is 12.4. The molecule has 0 aliphatic carbocycles. The molecule has 0 fully saturated rings. The smallest absolute Gasteiger partial charge is 0.335 e. The summed E-state index contributed by atoms with van der Waals surface area (Å²) in [6.07, 6.45) is 1.29. The Morgan fingerprint density at radius 2 is 1.90 bits per heavy atom. The van der Waals surface area contributed by atoms with Crippen LogP contribution in [0.2, 0.25) is 5.02 Å². The third-order valence-corrected chi connectivity index (χ3v) is 4.43. The van der Waals surface area contributed by atoms with Gasteiger partial charge in [0.2, 0.25) is 0 Å².